The van der Waals surface area contributed by atoms with E-state index in [-0.39, 0.29) is 106 Å². The zero-order valence-corrected chi connectivity index (χ0v) is 41.9. The smallest absolute Gasteiger partial charge is 0.425 e. The third-order valence-corrected chi connectivity index (χ3v) is 9.02. The highest BCUT2D eigenvalue weighted by Gasteiger charge is 2.18. The highest BCUT2D eigenvalue weighted by molar-refractivity contribution is 7.99. The minimum Gasteiger partial charge on any atom is -0.478 e. The molecule has 5 aromatic rings. The van der Waals surface area contributed by atoms with Crippen molar-refractivity contribution in [2.75, 3.05) is 74.5 Å². The number of hydrogen-bond acceptors (Lipinski definition) is 29. The maximum Gasteiger partial charge on any atom is 0.425 e. The van der Waals surface area contributed by atoms with E-state index in [1.165, 1.54) is 70.9 Å². The largest absolute Gasteiger partial charge is 0.478 e. The van der Waals surface area contributed by atoms with E-state index >= 15 is 0 Å². The van der Waals surface area contributed by atoms with Gasteiger partial charge in [-0.05, 0) is 43.3 Å². The number of nitro benzene ring substituents is 3. The van der Waals surface area contributed by atoms with Crippen molar-refractivity contribution >= 4 is 115 Å². The number of nitrogens with two attached hydrogens (primary N) is 4. The molecule has 430 valence electrons. The lowest BCUT2D eigenvalue weighted by Gasteiger charge is -2.11. The molecule has 0 unspecified atom stereocenters. The fraction of sp³-hybridized carbons (Fsp3) is 0.214. The van der Waals surface area contributed by atoms with Crippen LogP contribution in [0.1, 0.15) is 63.2 Å². The highest BCUT2D eigenvalue weighted by Crippen LogP contribution is 2.25. The SMILES string of the molecule is C.C.CCOC(=O)CSc1nc(NNC(=O)OC)nc(Nc2ccc(N)c(C(=O)OC)c2)n1.COC(=O)c1cc([N+](=O)[O-])ccc1N.COC(=O)c1cc([N+](=O)[O-])ccc1N.Nc1ccc([N+](=O)[O-])cc1C(=O)O.O=S(=O)(O)O. The summed E-state index contributed by atoms with van der Waals surface area (Å²) in [5.41, 5.74) is 26.9. The molecule has 1 amide bonds. The Morgan fingerprint density at radius 3 is 1.34 bits per heavy atom. The average Bonchev–Trinajstić information content (AvgIpc) is 3.37. The van der Waals surface area contributed by atoms with Gasteiger partial charge in [-0.1, -0.05) is 26.6 Å². The molecule has 37 heteroatoms. The third kappa shape index (κ3) is 25.7. The van der Waals surface area contributed by atoms with E-state index in [0.29, 0.717) is 5.69 Å². The predicted octanol–water partition coefficient (Wildman–Crippen LogP) is 4.74. The molecule has 0 aliphatic carbocycles. The van der Waals surface area contributed by atoms with Crippen molar-refractivity contribution in [2.24, 2.45) is 0 Å². The van der Waals surface area contributed by atoms with Gasteiger partial charge in [0.05, 0.1) is 77.8 Å². The number of aromatic nitrogens is 3. The number of nitro groups is 3. The van der Waals surface area contributed by atoms with E-state index < -0.39 is 61.1 Å². The number of hydrogen-bond donors (Lipinski definition) is 10. The first-order valence-corrected chi connectivity index (χ1v) is 22.5. The number of rotatable bonds is 15. The second-order valence-electron chi connectivity index (χ2n) is 13.3. The van der Waals surface area contributed by atoms with Crippen LogP contribution in [0.5, 0.6) is 0 Å². The minimum absolute atomic E-state index is 0. The number of thioether (sulfide) groups is 1. The number of benzene rings is 4. The van der Waals surface area contributed by atoms with Gasteiger partial charge in [0, 0.05) is 64.8 Å². The molecule has 0 fully saturated rings. The molecule has 14 N–H and O–H groups in total. The van der Waals surface area contributed by atoms with Crippen molar-refractivity contribution in [1.29, 1.82) is 0 Å². The molecule has 79 heavy (non-hydrogen) atoms. The lowest BCUT2D eigenvalue weighted by atomic mass is 10.1. The van der Waals surface area contributed by atoms with Gasteiger partial charge in [0.15, 0.2) is 5.16 Å². The van der Waals surface area contributed by atoms with Crippen LogP contribution in [0, 0.1) is 30.3 Å². The molecule has 0 saturated heterocycles. The minimum atomic E-state index is -4.67. The van der Waals surface area contributed by atoms with E-state index in [9.17, 15) is 59.1 Å². The number of carboxylic acid groups (broad SMARTS) is 1. The molecule has 35 nitrogen and oxygen atoms in total. The van der Waals surface area contributed by atoms with Crippen molar-refractivity contribution in [1.82, 2.24) is 20.4 Å². The Bertz CT molecular complexity index is 3010. The molecule has 0 radical (unpaired) electrons. The number of carboxylic acids is 1. The number of esters is 4. The van der Waals surface area contributed by atoms with E-state index in [0.717, 1.165) is 36.0 Å². The van der Waals surface area contributed by atoms with Gasteiger partial charge < -0.3 is 57.0 Å². The molecule has 4 aromatic carbocycles. The molecular formula is C42H53N13O22S2. The van der Waals surface area contributed by atoms with Crippen LogP contribution in [0.15, 0.2) is 78.0 Å². The summed E-state index contributed by atoms with van der Waals surface area (Å²) < 4.78 is 54.5. The van der Waals surface area contributed by atoms with Crippen LogP contribution < -0.4 is 39.1 Å². The Kier molecular flexibility index (Phi) is 30.8. The van der Waals surface area contributed by atoms with Crippen molar-refractivity contribution in [3.8, 4) is 0 Å². The van der Waals surface area contributed by atoms with Gasteiger partial charge in [-0.3, -0.25) is 49.7 Å². The first kappa shape index (κ1) is 70.8. The number of non-ortho nitro benzene ring substituents is 3. The summed E-state index contributed by atoms with van der Waals surface area (Å²) in [7, 11) is 0.131. The number of nitrogen functional groups attached to an aromatic ring is 4. The summed E-state index contributed by atoms with van der Waals surface area (Å²) in [6, 6.07) is 15.1. The van der Waals surface area contributed by atoms with Gasteiger partial charge in [-0.15, -0.1) is 0 Å². The van der Waals surface area contributed by atoms with Crippen LogP contribution in [0.2, 0.25) is 0 Å². The zero-order valence-electron chi connectivity index (χ0n) is 40.2. The Morgan fingerprint density at radius 1 is 0.608 bits per heavy atom. The number of amides is 1. The number of anilines is 7. The van der Waals surface area contributed by atoms with Gasteiger partial charge in [0.25, 0.3) is 17.1 Å². The number of nitrogens with one attached hydrogen (secondary N) is 3. The van der Waals surface area contributed by atoms with Gasteiger partial charge in [0.1, 0.15) is 0 Å². The molecule has 1 heterocycles. The second kappa shape index (κ2) is 34.3. The van der Waals surface area contributed by atoms with Crippen molar-refractivity contribution in [3.05, 3.63) is 125 Å². The predicted molar refractivity (Wildman–Crippen MR) is 282 cm³/mol. The average molecular weight is 1160 g/mol. The van der Waals surface area contributed by atoms with Gasteiger partial charge in [-0.2, -0.15) is 23.4 Å². The first-order chi connectivity index (χ1) is 36.0. The summed E-state index contributed by atoms with van der Waals surface area (Å²) in [6.45, 7) is 1.95. The molecule has 0 aliphatic rings. The zero-order chi connectivity index (χ0) is 58.7. The number of hydrazine groups is 1. The summed E-state index contributed by atoms with van der Waals surface area (Å²) in [4.78, 5) is 109. The normalized spacial score (nSPS) is 9.61. The number of ether oxygens (including phenoxy) is 5. The lowest BCUT2D eigenvalue weighted by molar-refractivity contribution is -0.385. The van der Waals surface area contributed by atoms with Crippen molar-refractivity contribution in [2.45, 2.75) is 26.9 Å². The Balaban J connectivity index is 0. The van der Waals surface area contributed by atoms with E-state index in [1.54, 1.807) is 13.0 Å². The van der Waals surface area contributed by atoms with Gasteiger partial charge in [-0.25, -0.2) is 29.4 Å². The van der Waals surface area contributed by atoms with Crippen LogP contribution >= 0.6 is 11.8 Å². The molecule has 0 aliphatic heterocycles. The maximum absolute atomic E-state index is 11.8. The Morgan fingerprint density at radius 2 is 0.975 bits per heavy atom. The first-order valence-electron chi connectivity index (χ1n) is 20.1. The monoisotopic (exact) mass is 1160 g/mol. The maximum atomic E-state index is 11.8. The molecule has 0 bridgehead atoms. The standard InChI is InChI=1S/C17H21N7O6S.2C8H8N2O4.C7H6N2O4.2CH4.H2O4S/c1-4-30-12(25)8-31-16-21-14(20-15(22-16)23-24-17(27)29-3)19-9-5-6-11(18)10(7-9)13(26)28-2;2*1-14-8(11)6-4-5(10(12)13)2-3-7(6)9;8-6-2-1-4(9(12)13)3-5(6)7(10)11;;;1-5(2,3)4/h5-7H,4,8,18H2,1-3H3,(H,24,27)(H2,19,20,21,22,23);2*2-4H,9H2,1H3;1-3H,8H2,(H,10,11);2*1H4;(H2,1,2,3,4). The van der Waals surface area contributed by atoms with Crippen LogP contribution in [0.4, 0.5) is 62.2 Å². The number of methoxy groups -OCH3 is 4. The van der Waals surface area contributed by atoms with Crippen LogP contribution in [-0.4, -0.2) is 129 Å². The van der Waals surface area contributed by atoms with E-state index in [4.69, 9.17) is 55.0 Å². The fourth-order valence-electron chi connectivity index (χ4n) is 4.80. The molecule has 0 atom stereocenters. The van der Waals surface area contributed by atoms with Gasteiger partial charge >= 0.3 is 46.3 Å². The van der Waals surface area contributed by atoms with Crippen LogP contribution in [0.25, 0.3) is 0 Å². The second-order valence-corrected chi connectivity index (χ2v) is 15.2. The van der Waals surface area contributed by atoms with Crippen LogP contribution in [0.3, 0.4) is 0 Å². The molecular weight excluding hydrogens is 1100 g/mol. The van der Waals surface area contributed by atoms with E-state index in [1.807, 2.05) is 0 Å². The molecule has 0 spiro atoms. The number of aromatic carboxylic acids is 1. The quantitative estimate of drug-likeness (QED) is 0.0129. The fourth-order valence-corrected chi connectivity index (χ4v) is 5.43. The van der Waals surface area contributed by atoms with E-state index in [2.05, 4.69) is 45.3 Å². The van der Waals surface area contributed by atoms with Crippen molar-refractivity contribution in [3.63, 3.8) is 0 Å². The summed E-state index contributed by atoms with van der Waals surface area (Å²) in [5, 5.41) is 42.7. The molecule has 1 aromatic heterocycles. The molecule has 0 saturated carbocycles. The number of nitrogens with zero attached hydrogens (tertiary/aromatic N) is 6. The highest BCUT2D eigenvalue weighted by atomic mass is 32.3. The lowest BCUT2D eigenvalue weighted by Crippen LogP contribution is -2.30. The summed E-state index contributed by atoms with van der Waals surface area (Å²) >= 11 is 1.01. The third-order valence-electron chi connectivity index (χ3n) is 8.20. The Labute approximate surface area is 451 Å². The number of carbonyl (C=O) groups is 6. The summed E-state index contributed by atoms with van der Waals surface area (Å²) in [6.07, 6.45) is -0.767. The van der Waals surface area contributed by atoms with Crippen LogP contribution in [-0.2, 0) is 38.9 Å². The topological polar surface area (TPSA) is 552 Å². The van der Waals surface area contributed by atoms with Crippen molar-refractivity contribution < 1.29 is 89.9 Å². The summed E-state index contributed by atoms with van der Waals surface area (Å²) in [5.74, 6) is -3.69. The number of carbonyl (C=O) groups excluding carboxylic acids is 5. The molecule has 5 rings (SSSR count). The van der Waals surface area contributed by atoms with Gasteiger partial charge in [0.2, 0.25) is 11.9 Å². The Hall–Kier alpha value is -10.3.